The first-order chi connectivity index (χ1) is 10.6. The van der Waals surface area contributed by atoms with Crippen LogP contribution < -0.4 is 0 Å². The lowest BCUT2D eigenvalue weighted by molar-refractivity contribution is 0.0773. The van der Waals surface area contributed by atoms with Crippen LogP contribution in [0.2, 0.25) is 0 Å². The number of nitrogens with zero attached hydrogens (tertiary/aromatic N) is 1. The van der Waals surface area contributed by atoms with E-state index in [4.69, 9.17) is 0 Å². The Morgan fingerprint density at radius 1 is 1.00 bits per heavy atom. The molecule has 2 aromatic carbocycles. The molecule has 0 spiro atoms. The molecule has 1 aliphatic heterocycles. The number of rotatable bonds is 2. The molecule has 22 heavy (non-hydrogen) atoms. The van der Waals surface area contributed by atoms with Gasteiger partial charge in [-0.15, -0.1) is 0 Å². The summed E-state index contributed by atoms with van der Waals surface area (Å²) in [7, 11) is 0. The minimum atomic E-state index is 0.131. The van der Waals surface area contributed by atoms with Gasteiger partial charge < -0.3 is 4.90 Å². The van der Waals surface area contributed by atoms with E-state index in [0.29, 0.717) is 6.54 Å². The topological polar surface area (TPSA) is 20.3 Å². The standard InChI is InChI=1S/C20H21NO/c1-15-8-9-19(14-16(15)2)20(22)21-12-10-18(11-13-21)17-6-4-3-5-7-17/h3-10,14H,11-13H2,1-2H3. The molecule has 3 rings (SSSR count). The summed E-state index contributed by atoms with van der Waals surface area (Å²) < 4.78 is 0. The van der Waals surface area contributed by atoms with Gasteiger partial charge >= 0.3 is 0 Å². The maximum absolute atomic E-state index is 12.6. The number of carbonyl (C=O) groups is 1. The maximum atomic E-state index is 12.6. The molecule has 0 unspecified atom stereocenters. The van der Waals surface area contributed by atoms with Gasteiger partial charge in [0.05, 0.1) is 0 Å². The first-order valence-corrected chi connectivity index (χ1v) is 7.76. The number of amides is 1. The summed E-state index contributed by atoms with van der Waals surface area (Å²) in [5, 5.41) is 0. The van der Waals surface area contributed by atoms with Crippen molar-refractivity contribution in [2.75, 3.05) is 13.1 Å². The van der Waals surface area contributed by atoms with Crippen molar-refractivity contribution in [2.45, 2.75) is 20.3 Å². The van der Waals surface area contributed by atoms with Crippen molar-refractivity contribution in [3.63, 3.8) is 0 Å². The van der Waals surface area contributed by atoms with Crippen LogP contribution in [0, 0.1) is 13.8 Å². The van der Waals surface area contributed by atoms with Crippen molar-refractivity contribution in [2.24, 2.45) is 0 Å². The fourth-order valence-electron chi connectivity index (χ4n) is 2.83. The summed E-state index contributed by atoms with van der Waals surface area (Å²) >= 11 is 0. The average molecular weight is 291 g/mol. The number of carbonyl (C=O) groups excluding carboxylic acids is 1. The van der Waals surface area contributed by atoms with Gasteiger partial charge in [0, 0.05) is 18.7 Å². The number of hydrogen-bond donors (Lipinski definition) is 0. The van der Waals surface area contributed by atoms with Gasteiger partial charge in [0.15, 0.2) is 0 Å². The second-order valence-electron chi connectivity index (χ2n) is 5.90. The van der Waals surface area contributed by atoms with Gasteiger partial charge in [-0.25, -0.2) is 0 Å². The average Bonchev–Trinajstić information content (AvgIpc) is 2.58. The molecule has 0 radical (unpaired) electrons. The van der Waals surface area contributed by atoms with Crippen molar-refractivity contribution in [3.05, 3.63) is 76.9 Å². The maximum Gasteiger partial charge on any atom is 0.254 e. The Bertz CT molecular complexity index is 716. The normalized spacial score (nSPS) is 14.6. The molecule has 112 valence electrons. The molecule has 0 fully saturated rings. The van der Waals surface area contributed by atoms with E-state index in [0.717, 1.165) is 18.5 Å². The highest BCUT2D eigenvalue weighted by atomic mass is 16.2. The van der Waals surface area contributed by atoms with Gasteiger partial charge in [0.25, 0.3) is 5.91 Å². The second-order valence-corrected chi connectivity index (χ2v) is 5.90. The van der Waals surface area contributed by atoms with E-state index in [1.54, 1.807) is 0 Å². The summed E-state index contributed by atoms with van der Waals surface area (Å²) in [5.41, 5.74) is 5.79. The third kappa shape index (κ3) is 2.96. The Kier molecular flexibility index (Phi) is 4.10. The highest BCUT2D eigenvalue weighted by molar-refractivity contribution is 5.95. The van der Waals surface area contributed by atoms with Gasteiger partial charge in [-0.1, -0.05) is 42.5 Å². The molecule has 2 aromatic rings. The zero-order chi connectivity index (χ0) is 15.5. The molecular formula is C20H21NO. The quantitative estimate of drug-likeness (QED) is 0.810. The fraction of sp³-hybridized carbons (Fsp3) is 0.250. The predicted octanol–water partition coefficient (Wildman–Crippen LogP) is 4.23. The van der Waals surface area contributed by atoms with Gasteiger partial charge in [-0.2, -0.15) is 0 Å². The van der Waals surface area contributed by atoms with Crippen LogP contribution in [0.1, 0.15) is 33.5 Å². The lowest BCUT2D eigenvalue weighted by Gasteiger charge is -2.27. The molecule has 0 aromatic heterocycles. The Morgan fingerprint density at radius 2 is 1.77 bits per heavy atom. The van der Waals surface area contributed by atoms with E-state index in [9.17, 15) is 4.79 Å². The summed E-state index contributed by atoms with van der Waals surface area (Å²) in [6.45, 7) is 5.59. The van der Waals surface area contributed by atoms with Gasteiger partial charge in [-0.05, 0) is 54.7 Å². The van der Waals surface area contributed by atoms with Crippen LogP contribution in [0.3, 0.4) is 0 Å². The third-order valence-electron chi connectivity index (χ3n) is 4.39. The van der Waals surface area contributed by atoms with E-state index in [-0.39, 0.29) is 5.91 Å². The van der Waals surface area contributed by atoms with Crippen LogP contribution in [0.4, 0.5) is 0 Å². The molecule has 1 heterocycles. The van der Waals surface area contributed by atoms with Crippen LogP contribution >= 0.6 is 0 Å². The van der Waals surface area contributed by atoms with Gasteiger partial charge in [0.2, 0.25) is 0 Å². The summed E-state index contributed by atoms with van der Waals surface area (Å²) in [5.74, 6) is 0.131. The predicted molar refractivity (Wildman–Crippen MR) is 90.9 cm³/mol. The summed E-state index contributed by atoms with van der Waals surface area (Å²) in [6, 6.07) is 16.4. The van der Waals surface area contributed by atoms with Gasteiger partial charge in [-0.3, -0.25) is 4.79 Å². The number of hydrogen-bond acceptors (Lipinski definition) is 1. The largest absolute Gasteiger partial charge is 0.335 e. The minimum absolute atomic E-state index is 0.131. The Balaban J connectivity index is 1.74. The molecule has 2 heteroatoms. The SMILES string of the molecule is Cc1ccc(C(=O)N2CC=C(c3ccccc3)CC2)cc1C. The monoisotopic (exact) mass is 291 g/mol. The van der Waals surface area contributed by atoms with E-state index < -0.39 is 0 Å². The molecule has 1 aliphatic rings. The van der Waals surface area contributed by atoms with E-state index in [1.807, 2.05) is 29.2 Å². The second kappa shape index (κ2) is 6.18. The highest BCUT2D eigenvalue weighted by Crippen LogP contribution is 2.23. The van der Waals surface area contributed by atoms with E-state index >= 15 is 0 Å². The van der Waals surface area contributed by atoms with E-state index in [1.165, 1.54) is 22.3 Å². The van der Waals surface area contributed by atoms with Crippen LogP contribution in [0.25, 0.3) is 5.57 Å². The minimum Gasteiger partial charge on any atom is -0.335 e. The summed E-state index contributed by atoms with van der Waals surface area (Å²) in [6.07, 6.45) is 3.10. The first-order valence-electron chi connectivity index (χ1n) is 7.76. The third-order valence-corrected chi connectivity index (χ3v) is 4.39. The van der Waals surface area contributed by atoms with Crippen LogP contribution in [0.5, 0.6) is 0 Å². The smallest absolute Gasteiger partial charge is 0.254 e. The zero-order valence-corrected chi connectivity index (χ0v) is 13.2. The molecule has 0 bridgehead atoms. The molecular weight excluding hydrogens is 270 g/mol. The molecule has 0 saturated carbocycles. The van der Waals surface area contributed by atoms with Crippen LogP contribution in [-0.4, -0.2) is 23.9 Å². The van der Waals surface area contributed by atoms with Crippen molar-refractivity contribution in [1.29, 1.82) is 0 Å². The Morgan fingerprint density at radius 3 is 2.41 bits per heavy atom. The zero-order valence-electron chi connectivity index (χ0n) is 13.2. The van der Waals surface area contributed by atoms with Crippen molar-refractivity contribution in [1.82, 2.24) is 4.90 Å². The summed E-state index contributed by atoms with van der Waals surface area (Å²) in [4.78, 5) is 14.5. The van der Waals surface area contributed by atoms with Gasteiger partial charge in [0.1, 0.15) is 0 Å². The number of benzene rings is 2. The Hall–Kier alpha value is -2.35. The molecule has 0 atom stereocenters. The van der Waals surface area contributed by atoms with Crippen molar-refractivity contribution < 1.29 is 4.79 Å². The highest BCUT2D eigenvalue weighted by Gasteiger charge is 2.19. The van der Waals surface area contributed by atoms with Crippen molar-refractivity contribution >= 4 is 11.5 Å². The molecule has 0 N–H and O–H groups in total. The molecule has 1 amide bonds. The molecule has 0 saturated heterocycles. The van der Waals surface area contributed by atoms with Crippen LogP contribution in [-0.2, 0) is 0 Å². The van der Waals surface area contributed by atoms with Crippen molar-refractivity contribution in [3.8, 4) is 0 Å². The Labute approximate surface area is 132 Å². The fourth-order valence-corrected chi connectivity index (χ4v) is 2.83. The number of aryl methyl sites for hydroxylation is 2. The first kappa shape index (κ1) is 14.6. The lowest BCUT2D eigenvalue weighted by Crippen LogP contribution is -2.34. The molecule has 0 aliphatic carbocycles. The van der Waals surface area contributed by atoms with Crippen LogP contribution in [0.15, 0.2) is 54.6 Å². The molecule has 2 nitrogen and oxygen atoms in total. The lowest BCUT2D eigenvalue weighted by atomic mass is 9.99. The van der Waals surface area contributed by atoms with E-state index in [2.05, 4.69) is 44.2 Å².